The number of primary amides is 1. The van der Waals surface area contributed by atoms with Gasteiger partial charge in [0.1, 0.15) is 0 Å². The fourth-order valence-electron chi connectivity index (χ4n) is 1.55. The van der Waals surface area contributed by atoms with E-state index in [9.17, 15) is 4.79 Å². The van der Waals surface area contributed by atoms with E-state index in [4.69, 9.17) is 10.9 Å². The van der Waals surface area contributed by atoms with E-state index < -0.39 is 0 Å². The van der Waals surface area contributed by atoms with Gasteiger partial charge in [-0.3, -0.25) is 10.1 Å². The molecule has 4 N–H and O–H groups in total. The first-order chi connectivity index (χ1) is 5.52. The highest BCUT2D eigenvalue weighted by molar-refractivity contribution is 5.80. The Balaban J connectivity index is 2.56. The van der Waals surface area contributed by atoms with Gasteiger partial charge in [-0.15, -0.1) is 0 Å². The lowest BCUT2D eigenvalue weighted by molar-refractivity contribution is -0.122. The van der Waals surface area contributed by atoms with Crippen LogP contribution >= 0.6 is 0 Å². The van der Waals surface area contributed by atoms with Crippen molar-refractivity contribution in [1.29, 1.82) is 0 Å². The summed E-state index contributed by atoms with van der Waals surface area (Å²) in [5.41, 5.74) is 5.15. The Morgan fingerprint density at radius 2 is 2.33 bits per heavy atom. The lowest BCUT2D eigenvalue weighted by Crippen LogP contribution is -2.46. The van der Waals surface area contributed by atoms with Crippen molar-refractivity contribution in [2.75, 3.05) is 7.05 Å². The number of rotatable bonds is 2. The summed E-state index contributed by atoms with van der Waals surface area (Å²) in [7, 11) is 1.55. The largest absolute Gasteiger partial charge is 0.368 e. The number of nitrogens with one attached hydrogen (secondary N) is 1. The Bertz CT molecular complexity index is 183. The van der Waals surface area contributed by atoms with Gasteiger partial charge in [-0.25, -0.2) is 0 Å². The zero-order valence-corrected chi connectivity index (χ0v) is 7.32. The number of carbonyl (C=O) groups is 1. The van der Waals surface area contributed by atoms with Crippen molar-refractivity contribution in [3.05, 3.63) is 0 Å². The van der Waals surface area contributed by atoms with Crippen LogP contribution in [0.2, 0.25) is 0 Å². The van der Waals surface area contributed by atoms with Crippen LogP contribution in [0.3, 0.4) is 0 Å². The lowest BCUT2D eigenvalue weighted by Gasteiger charge is -2.17. The number of carbonyl (C=O) groups excluding carboxylic acids is 1. The summed E-state index contributed by atoms with van der Waals surface area (Å²) in [6.45, 7) is 1.94. The maximum atomic E-state index is 10.8. The van der Waals surface area contributed by atoms with Crippen molar-refractivity contribution in [1.82, 2.24) is 10.4 Å². The first-order valence-electron chi connectivity index (χ1n) is 3.99. The molecule has 12 heavy (non-hydrogen) atoms. The van der Waals surface area contributed by atoms with Crippen LogP contribution in [0.1, 0.15) is 13.3 Å². The quantitative estimate of drug-likeness (QED) is 0.474. The zero-order valence-electron chi connectivity index (χ0n) is 7.32. The Morgan fingerprint density at radius 1 is 1.75 bits per heavy atom. The molecule has 0 bridgehead atoms. The molecule has 5 heteroatoms. The molecule has 1 fully saturated rings. The van der Waals surface area contributed by atoms with Crippen LogP contribution in [-0.2, 0) is 4.79 Å². The molecule has 1 saturated heterocycles. The molecule has 70 valence electrons. The molecule has 1 aliphatic rings. The van der Waals surface area contributed by atoms with Crippen LogP contribution in [0.5, 0.6) is 0 Å². The second kappa shape index (κ2) is 3.38. The normalized spacial score (nSPS) is 35.8. The minimum absolute atomic E-state index is 0.155. The molecular weight excluding hydrogens is 158 g/mol. The van der Waals surface area contributed by atoms with E-state index in [0.29, 0.717) is 0 Å². The van der Waals surface area contributed by atoms with Gasteiger partial charge in [0.05, 0.1) is 12.2 Å². The van der Waals surface area contributed by atoms with E-state index in [0.717, 1.165) is 11.5 Å². The van der Waals surface area contributed by atoms with Gasteiger partial charge in [-0.1, -0.05) is 6.92 Å². The van der Waals surface area contributed by atoms with Crippen molar-refractivity contribution in [2.24, 2.45) is 11.7 Å². The molecule has 0 aliphatic carbocycles. The third-order valence-electron chi connectivity index (χ3n) is 2.29. The fraction of sp³-hybridized carbons (Fsp3) is 0.857. The number of nitrogens with zero attached hydrogens (tertiary/aromatic N) is 1. The molecule has 0 saturated carbocycles. The number of nitrogens with two attached hydrogens (primary N) is 1. The van der Waals surface area contributed by atoms with Gasteiger partial charge < -0.3 is 10.9 Å². The Morgan fingerprint density at radius 3 is 2.58 bits per heavy atom. The van der Waals surface area contributed by atoms with Gasteiger partial charge >= 0.3 is 0 Å². The standard InChI is InChI=1S/C7H15N3O2/c1-4-3-5(10(2)12)9-6(4)7(8)11/h4-6,9,12H,3H2,1-2H3,(H2,8,11)/t4-,5-,6-/m1/s1. The lowest BCUT2D eigenvalue weighted by atomic mass is 10.0. The molecule has 5 nitrogen and oxygen atoms in total. The second-order valence-corrected chi connectivity index (χ2v) is 3.35. The van der Waals surface area contributed by atoms with Gasteiger partial charge in [0.15, 0.2) is 0 Å². The first-order valence-corrected chi connectivity index (χ1v) is 3.99. The molecule has 0 aromatic heterocycles. The molecule has 0 spiro atoms. The Hall–Kier alpha value is -0.650. The number of amides is 1. The molecule has 1 heterocycles. The van der Waals surface area contributed by atoms with Gasteiger partial charge in [-0.2, -0.15) is 5.06 Å². The number of hydroxylamine groups is 2. The highest BCUT2D eigenvalue weighted by Crippen LogP contribution is 2.20. The first kappa shape index (κ1) is 9.44. The van der Waals surface area contributed by atoms with Crippen molar-refractivity contribution in [2.45, 2.75) is 25.6 Å². The average molecular weight is 173 g/mol. The van der Waals surface area contributed by atoms with Crippen molar-refractivity contribution >= 4 is 5.91 Å². The molecule has 1 rings (SSSR count). The smallest absolute Gasteiger partial charge is 0.234 e. The molecule has 0 aromatic rings. The summed E-state index contributed by atoms with van der Waals surface area (Å²) in [4.78, 5) is 10.8. The van der Waals surface area contributed by atoms with E-state index >= 15 is 0 Å². The van der Waals surface area contributed by atoms with Crippen LogP contribution in [0, 0.1) is 5.92 Å². The molecule has 0 unspecified atom stereocenters. The number of hydrogen-bond acceptors (Lipinski definition) is 4. The second-order valence-electron chi connectivity index (χ2n) is 3.35. The van der Waals surface area contributed by atoms with Crippen LogP contribution in [0.4, 0.5) is 0 Å². The molecular formula is C7H15N3O2. The van der Waals surface area contributed by atoms with E-state index in [1.54, 1.807) is 7.05 Å². The SMILES string of the molecule is C[C@@H]1C[C@@H](N(C)O)N[C@H]1C(N)=O. The highest BCUT2D eigenvalue weighted by atomic mass is 16.5. The fourth-order valence-corrected chi connectivity index (χ4v) is 1.55. The summed E-state index contributed by atoms with van der Waals surface area (Å²) in [5, 5.41) is 13.1. The van der Waals surface area contributed by atoms with Crippen LogP contribution in [0.15, 0.2) is 0 Å². The zero-order chi connectivity index (χ0) is 9.30. The van der Waals surface area contributed by atoms with Crippen LogP contribution < -0.4 is 11.1 Å². The maximum Gasteiger partial charge on any atom is 0.234 e. The summed E-state index contributed by atoms with van der Waals surface area (Å²) >= 11 is 0. The van der Waals surface area contributed by atoms with Gasteiger partial charge in [0.25, 0.3) is 0 Å². The third kappa shape index (κ3) is 1.74. The van der Waals surface area contributed by atoms with Crippen molar-refractivity contribution in [3.8, 4) is 0 Å². The third-order valence-corrected chi connectivity index (χ3v) is 2.29. The molecule has 0 aromatic carbocycles. The van der Waals surface area contributed by atoms with E-state index in [-0.39, 0.29) is 24.0 Å². The summed E-state index contributed by atoms with van der Waals surface area (Å²) in [5.74, 6) is -0.172. The monoisotopic (exact) mass is 173 g/mol. The summed E-state index contributed by atoms with van der Waals surface area (Å²) in [6.07, 6.45) is 0.582. The Kier molecular flexibility index (Phi) is 2.66. The summed E-state index contributed by atoms with van der Waals surface area (Å²) < 4.78 is 0. The van der Waals surface area contributed by atoms with E-state index in [2.05, 4.69) is 5.32 Å². The van der Waals surface area contributed by atoms with Crippen LogP contribution in [-0.4, -0.2) is 35.4 Å². The molecule has 3 atom stereocenters. The van der Waals surface area contributed by atoms with E-state index in [1.807, 2.05) is 6.92 Å². The van der Waals surface area contributed by atoms with Crippen molar-refractivity contribution < 1.29 is 10.0 Å². The van der Waals surface area contributed by atoms with Gasteiger partial charge in [0.2, 0.25) is 5.91 Å². The van der Waals surface area contributed by atoms with Crippen molar-refractivity contribution in [3.63, 3.8) is 0 Å². The van der Waals surface area contributed by atoms with Gasteiger partial charge in [-0.05, 0) is 12.3 Å². The highest BCUT2D eigenvalue weighted by Gasteiger charge is 2.35. The average Bonchev–Trinajstić information content (AvgIpc) is 2.30. The number of hydrogen-bond donors (Lipinski definition) is 3. The molecule has 1 amide bonds. The maximum absolute atomic E-state index is 10.8. The van der Waals surface area contributed by atoms with E-state index in [1.165, 1.54) is 0 Å². The van der Waals surface area contributed by atoms with Gasteiger partial charge in [0, 0.05) is 7.05 Å². The predicted octanol–water partition coefficient (Wildman–Crippen LogP) is -0.883. The van der Waals surface area contributed by atoms with Crippen LogP contribution in [0.25, 0.3) is 0 Å². The molecule has 0 radical (unpaired) electrons. The topological polar surface area (TPSA) is 78.6 Å². The summed E-state index contributed by atoms with van der Waals surface area (Å²) in [6, 6.07) is -0.315. The molecule has 1 aliphatic heterocycles. The Labute approximate surface area is 71.5 Å². The predicted molar refractivity (Wildman–Crippen MR) is 43.2 cm³/mol. The minimum atomic E-state index is -0.355. The minimum Gasteiger partial charge on any atom is -0.368 e.